The maximum atomic E-state index is 4.76. The van der Waals surface area contributed by atoms with E-state index in [0.29, 0.717) is 0 Å². The molecule has 25 heavy (non-hydrogen) atoms. The number of thiophene rings is 1. The van der Waals surface area contributed by atoms with Crippen molar-refractivity contribution in [1.29, 1.82) is 0 Å². The van der Waals surface area contributed by atoms with Crippen LogP contribution in [0.1, 0.15) is 10.4 Å². The third-order valence-corrected chi connectivity index (χ3v) is 4.78. The zero-order valence-corrected chi connectivity index (χ0v) is 14.8. The highest BCUT2D eigenvalue weighted by molar-refractivity contribution is 7.16. The number of nitrogens with zero attached hydrogens (tertiary/aromatic N) is 4. The predicted molar refractivity (Wildman–Crippen MR) is 103 cm³/mol. The van der Waals surface area contributed by atoms with Crippen molar-refractivity contribution in [3.8, 4) is 22.4 Å². The van der Waals surface area contributed by atoms with Gasteiger partial charge in [-0.1, -0.05) is 30.0 Å². The first kappa shape index (κ1) is 15.4. The van der Waals surface area contributed by atoms with E-state index in [2.05, 4.69) is 38.3 Å². The summed E-state index contributed by atoms with van der Waals surface area (Å²) in [5.74, 6) is 7.49. The van der Waals surface area contributed by atoms with E-state index in [1.807, 2.05) is 50.6 Å². The lowest BCUT2D eigenvalue weighted by Gasteiger charge is -2.13. The lowest BCUT2D eigenvalue weighted by molar-refractivity contribution is 1.03. The number of aromatic nitrogens is 3. The number of fused-ring (bicyclic) bond motifs is 1. The number of anilines is 1. The summed E-state index contributed by atoms with van der Waals surface area (Å²) in [7, 11) is 4.05. The summed E-state index contributed by atoms with van der Waals surface area (Å²) < 4.78 is 2.05. The first-order chi connectivity index (χ1) is 12.2. The van der Waals surface area contributed by atoms with Crippen LogP contribution in [0.4, 0.5) is 5.82 Å². The molecule has 1 aromatic carbocycles. The molecule has 4 aromatic rings. The average Bonchev–Trinajstić information content (AvgIpc) is 3.25. The maximum Gasteiger partial charge on any atom is 0.157 e. The Morgan fingerprint density at radius 2 is 1.88 bits per heavy atom. The Bertz CT molecular complexity index is 1080. The van der Waals surface area contributed by atoms with E-state index in [0.717, 1.165) is 32.5 Å². The Morgan fingerprint density at radius 1 is 1.04 bits per heavy atom. The van der Waals surface area contributed by atoms with Gasteiger partial charge in [-0.2, -0.15) is 0 Å². The van der Waals surface area contributed by atoms with Crippen LogP contribution in [0.25, 0.3) is 16.2 Å². The predicted octanol–water partition coefficient (Wildman–Crippen LogP) is 3.92. The van der Waals surface area contributed by atoms with Crippen molar-refractivity contribution < 1.29 is 0 Å². The summed E-state index contributed by atoms with van der Waals surface area (Å²) >= 11 is 1.66. The molecule has 4 nitrogen and oxygen atoms in total. The highest BCUT2D eigenvalue weighted by Gasteiger charge is 2.17. The van der Waals surface area contributed by atoms with Crippen LogP contribution in [-0.4, -0.2) is 28.5 Å². The molecular weight excluding hydrogens is 328 g/mol. The van der Waals surface area contributed by atoms with Gasteiger partial charge in [0, 0.05) is 32.1 Å². The summed E-state index contributed by atoms with van der Waals surface area (Å²) in [5, 5.41) is 0. The van der Waals surface area contributed by atoms with E-state index in [9.17, 15) is 0 Å². The van der Waals surface area contributed by atoms with Crippen molar-refractivity contribution in [2.75, 3.05) is 19.0 Å². The van der Waals surface area contributed by atoms with Crippen LogP contribution in [0, 0.1) is 11.8 Å². The summed E-state index contributed by atoms with van der Waals surface area (Å²) in [6, 6.07) is 14.2. The summed E-state index contributed by atoms with van der Waals surface area (Å²) in [5.41, 5.74) is 2.81. The van der Waals surface area contributed by atoms with Crippen molar-refractivity contribution in [3.05, 3.63) is 71.5 Å². The fraction of sp³-hybridized carbons (Fsp3) is 0.100. The lowest BCUT2D eigenvalue weighted by Crippen LogP contribution is -2.12. The van der Waals surface area contributed by atoms with Crippen molar-refractivity contribution in [2.45, 2.75) is 0 Å². The molecule has 3 aromatic heterocycles. The Hall–Kier alpha value is -3.10. The van der Waals surface area contributed by atoms with Crippen LogP contribution < -0.4 is 4.90 Å². The second kappa shape index (κ2) is 6.42. The third-order valence-electron chi connectivity index (χ3n) is 3.77. The van der Waals surface area contributed by atoms with Crippen molar-refractivity contribution in [3.63, 3.8) is 0 Å². The van der Waals surface area contributed by atoms with Gasteiger partial charge in [0.15, 0.2) is 5.65 Å². The Kier molecular flexibility index (Phi) is 3.96. The minimum absolute atomic E-state index is 0.839. The molecule has 4 rings (SSSR count). The number of rotatable bonds is 2. The van der Waals surface area contributed by atoms with Gasteiger partial charge in [0.05, 0.1) is 16.0 Å². The smallest absolute Gasteiger partial charge is 0.157 e. The average molecular weight is 344 g/mol. The van der Waals surface area contributed by atoms with Crippen LogP contribution in [0.15, 0.2) is 61.1 Å². The zero-order valence-electron chi connectivity index (χ0n) is 14.0. The topological polar surface area (TPSA) is 33.4 Å². The number of hydrogen-bond acceptors (Lipinski definition) is 4. The van der Waals surface area contributed by atoms with Crippen molar-refractivity contribution in [1.82, 2.24) is 14.4 Å². The minimum atomic E-state index is 0.839. The Morgan fingerprint density at radius 3 is 2.68 bits per heavy atom. The van der Waals surface area contributed by atoms with Gasteiger partial charge in [-0.05, 0) is 24.3 Å². The van der Waals surface area contributed by atoms with Gasteiger partial charge in [-0.3, -0.25) is 9.38 Å². The molecule has 0 saturated heterocycles. The molecule has 0 aliphatic carbocycles. The van der Waals surface area contributed by atoms with E-state index >= 15 is 0 Å². The first-order valence-electron chi connectivity index (χ1n) is 7.89. The molecule has 0 aliphatic heterocycles. The van der Waals surface area contributed by atoms with Gasteiger partial charge >= 0.3 is 0 Å². The molecule has 3 heterocycles. The number of imidazole rings is 1. The molecule has 0 N–H and O–H groups in total. The molecule has 0 aliphatic rings. The lowest BCUT2D eigenvalue weighted by atomic mass is 10.2. The van der Waals surface area contributed by atoms with Gasteiger partial charge in [-0.15, -0.1) is 11.3 Å². The highest BCUT2D eigenvalue weighted by atomic mass is 32.1. The van der Waals surface area contributed by atoms with E-state index in [-0.39, 0.29) is 0 Å². The molecule has 0 radical (unpaired) electrons. The van der Waals surface area contributed by atoms with E-state index < -0.39 is 0 Å². The maximum absolute atomic E-state index is 4.76. The molecule has 0 bridgehead atoms. The van der Waals surface area contributed by atoms with Crippen molar-refractivity contribution in [2.24, 2.45) is 0 Å². The number of benzene rings is 1. The molecule has 0 unspecified atom stereocenters. The monoisotopic (exact) mass is 344 g/mol. The van der Waals surface area contributed by atoms with Crippen LogP contribution in [0.5, 0.6) is 0 Å². The van der Waals surface area contributed by atoms with Gasteiger partial charge in [0.25, 0.3) is 0 Å². The number of hydrogen-bond donors (Lipinski definition) is 0. The molecule has 5 heteroatoms. The summed E-state index contributed by atoms with van der Waals surface area (Å²) in [6.07, 6.45) is 5.49. The van der Waals surface area contributed by atoms with Crippen LogP contribution >= 0.6 is 11.3 Å². The quantitative estimate of drug-likeness (QED) is 0.517. The molecule has 0 amide bonds. The van der Waals surface area contributed by atoms with E-state index in [1.165, 1.54) is 0 Å². The fourth-order valence-corrected chi connectivity index (χ4v) is 3.52. The van der Waals surface area contributed by atoms with Crippen molar-refractivity contribution >= 4 is 22.8 Å². The highest BCUT2D eigenvalue weighted by Crippen LogP contribution is 2.34. The van der Waals surface area contributed by atoms with E-state index in [1.54, 1.807) is 23.7 Å². The second-order valence-electron chi connectivity index (χ2n) is 5.76. The minimum Gasteiger partial charge on any atom is -0.362 e. The van der Waals surface area contributed by atoms with Gasteiger partial charge in [0.1, 0.15) is 11.5 Å². The molecule has 0 fully saturated rings. The second-order valence-corrected chi connectivity index (χ2v) is 6.85. The largest absolute Gasteiger partial charge is 0.362 e. The van der Waals surface area contributed by atoms with Gasteiger partial charge < -0.3 is 4.90 Å². The SMILES string of the molecule is CN(C)c1c(-c2ccc(C#Cc3ccccc3)s2)nc2cnccn12. The van der Waals surface area contributed by atoms with Crippen LogP contribution in [0.2, 0.25) is 0 Å². The van der Waals surface area contributed by atoms with Gasteiger partial charge in [-0.25, -0.2) is 4.98 Å². The normalized spacial score (nSPS) is 10.5. The summed E-state index contributed by atoms with van der Waals surface area (Å²) in [4.78, 5) is 13.1. The molecule has 0 spiro atoms. The first-order valence-corrected chi connectivity index (χ1v) is 8.71. The summed E-state index contributed by atoms with van der Waals surface area (Å²) in [6.45, 7) is 0. The van der Waals surface area contributed by atoms with E-state index in [4.69, 9.17) is 4.98 Å². The molecule has 122 valence electrons. The van der Waals surface area contributed by atoms with Crippen LogP contribution in [0.3, 0.4) is 0 Å². The Labute approximate surface area is 150 Å². The van der Waals surface area contributed by atoms with Crippen LogP contribution in [-0.2, 0) is 0 Å². The fourth-order valence-electron chi connectivity index (χ4n) is 2.67. The molecule has 0 saturated carbocycles. The standard InChI is InChI=1S/C20H16N4S/c1-23(2)20-19(22-18-14-21-12-13-24(18)20)17-11-10-16(25-17)9-8-15-6-4-3-5-7-15/h3-7,10-14H,1-2H3. The molecular formula is C20H16N4S. The molecule has 0 atom stereocenters. The zero-order chi connectivity index (χ0) is 17.2. The Balaban J connectivity index is 1.75. The third kappa shape index (κ3) is 3.00. The van der Waals surface area contributed by atoms with Gasteiger partial charge in [0.2, 0.25) is 0 Å².